The first kappa shape index (κ1) is 19.0. The van der Waals surface area contributed by atoms with Gasteiger partial charge in [0, 0.05) is 23.6 Å². The van der Waals surface area contributed by atoms with Gasteiger partial charge in [-0.05, 0) is 42.3 Å². The second-order valence-electron chi connectivity index (χ2n) is 6.69. The Morgan fingerprint density at radius 2 is 2.07 bits per heavy atom. The molecule has 1 amide bonds. The summed E-state index contributed by atoms with van der Waals surface area (Å²) in [5.74, 6) is 2.16. The molecule has 0 bridgehead atoms. The number of methoxy groups -OCH3 is 1. The average Bonchev–Trinajstić information content (AvgIpc) is 3.25. The number of amides is 1. The second kappa shape index (κ2) is 8.79. The van der Waals surface area contributed by atoms with Crippen LogP contribution in [0.5, 0.6) is 11.5 Å². The maximum Gasteiger partial charge on any atom is 0.220 e. The molecule has 7 nitrogen and oxygen atoms in total. The fourth-order valence-corrected chi connectivity index (χ4v) is 3.21. The molecule has 7 heteroatoms. The molecule has 0 fully saturated rings. The number of rotatable bonds is 7. The molecular formula is C22H22N2O5. The van der Waals surface area contributed by atoms with Crippen LogP contribution in [-0.4, -0.2) is 25.0 Å². The molecule has 0 aliphatic carbocycles. The zero-order valence-electron chi connectivity index (χ0n) is 16.1. The number of aromatic nitrogens is 1. The van der Waals surface area contributed by atoms with Crippen molar-refractivity contribution in [2.45, 2.75) is 26.0 Å². The quantitative estimate of drug-likeness (QED) is 0.661. The number of hydrogen-bond acceptors (Lipinski definition) is 6. The molecule has 4 rings (SSSR count). The average molecular weight is 394 g/mol. The van der Waals surface area contributed by atoms with Crippen LogP contribution in [0.2, 0.25) is 0 Å². The minimum absolute atomic E-state index is 0.0531. The fourth-order valence-electron chi connectivity index (χ4n) is 3.21. The van der Waals surface area contributed by atoms with Crippen molar-refractivity contribution >= 4 is 5.91 Å². The molecule has 2 aromatic carbocycles. The summed E-state index contributed by atoms with van der Waals surface area (Å²) in [6, 6.07) is 15.2. The van der Waals surface area contributed by atoms with Gasteiger partial charge in [-0.3, -0.25) is 4.79 Å². The number of aryl methyl sites for hydroxylation is 1. The van der Waals surface area contributed by atoms with Crippen LogP contribution in [0.25, 0.3) is 11.3 Å². The van der Waals surface area contributed by atoms with Crippen molar-refractivity contribution in [1.82, 2.24) is 10.5 Å². The van der Waals surface area contributed by atoms with Crippen LogP contribution in [0, 0.1) is 0 Å². The summed E-state index contributed by atoms with van der Waals surface area (Å²) in [5, 5.41) is 6.94. The number of hydrogen-bond donors (Lipinski definition) is 1. The summed E-state index contributed by atoms with van der Waals surface area (Å²) in [4.78, 5) is 12.3. The first-order valence-corrected chi connectivity index (χ1v) is 9.41. The van der Waals surface area contributed by atoms with Gasteiger partial charge in [-0.1, -0.05) is 17.3 Å². The van der Waals surface area contributed by atoms with E-state index in [0.29, 0.717) is 37.4 Å². The van der Waals surface area contributed by atoms with E-state index in [1.54, 1.807) is 7.11 Å². The molecule has 1 aliphatic rings. The van der Waals surface area contributed by atoms with Crippen molar-refractivity contribution in [2.75, 3.05) is 13.9 Å². The van der Waals surface area contributed by atoms with Crippen molar-refractivity contribution in [2.24, 2.45) is 0 Å². The number of fused-ring (bicyclic) bond motifs is 1. The molecular weight excluding hydrogens is 372 g/mol. The Bertz CT molecular complexity index is 981. The van der Waals surface area contributed by atoms with E-state index in [9.17, 15) is 4.79 Å². The highest BCUT2D eigenvalue weighted by molar-refractivity contribution is 5.76. The van der Waals surface area contributed by atoms with Gasteiger partial charge in [-0.25, -0.2) is 0 Å². The molecule has 1 aliphatic heterocycles. The van der Waals surface area contributed by atoms with Gasteiger partial charge < -0.3 is 24.1 Å². The third kappa shape index (κ3) is 4.57. The van der Waals surface area contributed by atoms with E-state index in [4.69, 9.17) is 18.7 Å². The molecule has 0 saturated carbocycles. The van der Waals surface area contributed by atoms with E-state index in [1.165, 1.54) is 0 Å². The van der Waals surface area contributed by atoms with Crippen molar-refractivity contribution in [1.29, 1.82) is 0 Å². The predicted molar refractivity (Wildman–Crippen MR) is 105 cm³/mol. The van der Waals surface area contributed by atoms with Gasteiger partial charge in [-0.15, -0.1) is 0 Å². The highest BCUT2D eigenvalue weighted by atomic mass is 16.7. The Labute approximate surface area is 168 Å². The molecule has 0 saturated heterocycles. The summed E-state index contributed by atoms with van der Waals surface area (Å²) in [6.45, 7) is 1.08. The summed E-state index contributed by atoms with van der Waals surface area (Å²) in [6.07, 6.45) is 0.991. The maximum absolute atomic E-state index is 12.3. The standard InChI is InChI=1S/C22H22N2O5/c1-26-17-8-5-16(6-9-17)20-11-18(29-24-20)12-23-22(25)10-7-15-3-2-4-21-19(15)13-27-14-28-21/h2-6,8-9,11H,7,10,12-14H2,1H3,(H,23,25). The SMILES string of the molecule is COc1ccc(-c2cc(CNC(=O)CCc3cccc4c3COCO4)on2)cc1. The van der Waals surface area contributed by atoms with E-state index in [2.05, 4.69) is 10.5 Å². The number of ether oxygens (including phenoxy) is 3. The fraction of sp³-hybridized carbons (Fsp3) is 0.273. The smallest absolute Gasteiger partial charge is 0.220 e. The Morgan fingerprint density at radius 1 is 1.21 bits per heavy atom. The Hall–Kier alpha value is -3.32. The van der Waals surface area contributed by atoms with Crippen molar-refractivity contribution < 1.29 is 23.5 Å². The molecule has 0 radical (unpaired) electrons. The first-order valence-electron chi connectivity index (χ1n) is 9.41. The van der Waals surface area contributed by atoms with E-state index in [1.807, 2.05) is 48.5 Å². The molecule has 0 spiro atoms. The lowest BCUT2D eigenvalue weighted by Gasteiger charge is -2.20. The maximum atomic E-state index is 12.3. The van der Waals surface area contributed by atoms with Gasteiger partial charge in [0.2, 0.25) is 5.91 Å². The van der Waals surface area contributed by atoms with Crippen LogP contribution in [0.4, 0.5) is 0 Å². The molecule has 150 valence electrons. The normalized spacial score (nSPS) is 12.7. The van der Waals surface area contributed by atoms with Crippen LogP contribution in [0.1, 0.15) is 23.3 Å². The minimum Gasteiger partial charge on any atom is -0.497 e. The molecule has 2 heterocycles. The third-order valence-electron chi connectivity index (χ3n) is 4.80. The third-order valence-corrected chi connectivity index (χ3v) is 4.80. The monoisotopic (exact) mass is 394 g/mol. The molecule has 1 N–H and O–H groups in total. The van der Waals surface area contributed by atoms with Crippen molar-refractivity contribution in [3.63, 3.8) is 0 Å². The van der Waals surface area contributed by atoms with Gasteiger partial charge in [0.1, 0.15) is 17.2 Å². The van der Waals surface area contributed by atoms with Crippen LogP contribution in [-0.2, 0) is 29.1 Å². The van der Waals surface area contributed by atoms with Crippen molar-refractivity contribution in [3.8, 4) is 22.8 Å². The number of nitrogens with zero attached hydrogens (tertiary/aromatic N) is 1. The Morgan fingerprint density at radius 3 is 2.90 bits per heavy atom. The van der Waals surface area contributed by atoms with Crippen LogP contribution >= 0.6 is 0 Å². The number of carbonyl (C=O) groups is 1. The molecule has 0 unspecified atom stereocenters. The van der Waals surface area contributed by atoms with Gasteiger partial charge in [0.15, 0.2) is 12.6 Å². The summed E-state index contributed by atoms with van der Waals surface area (Å²) in [7, 11) is 1.62. The van der Waals surface area contributed by atoms with E-state index in [0.717, 1.165) is 28.2 Å². The largest absolute Gasteiger partial charge is 0.497 e. The summed E-state index contributed by atoms with van der Waals surface area (Å²) in [5.41, 5.74) is 3.72. The predicted octanol–water partition coefficient (Wildman–Crippen LogP) is 3.47. The molecule has 3 aromatic rings. The molecule has 0 atom stereocenters. The second-order valence-corrected chi connectivity index (χ2v) is 6.69. The highest BCUT2D eigenvalue weighted by Crippen LogP contribution is 2.27. The lowest BCUT2D eigenvalue weighted by molar-refractivity contribution is -0.121. The zero-order valence-corrected chi connectivity index (χ0v) is 16.1. The lowest BCUT2D eigenvalue weighted by Crippen LogP contribution is -2.23. The van der Waals surface area contributed by atoms with Gasteiger partial charge in [0.25, 0.3) is 0 Å². The van der Waals surface area contributed by atoms with Gasteiger partial charge in [-0.2, -0.15) is 0 Å². The van der Waals surface area contributed by atoms with Crippen LogP contribution in [0.15, 0.2) is 53.1 Å². The van der Waals surface area contributed by atoms with E-state index < -0.39 is 0 Å². The van der Waals surface area contributed by atoms with Crippen molar-refractivity contribution in [3.05, 3.63) is 65.4 Å². The number of nitrogens with one attached hydrogen (secondary N) is 1. The molecule has 29 heavy (non-hydrogen) atoms. The highest BCUT2D eigenvalue weighted by Gasteiger charge is 2.15. The Balaban J connectivity index is 1.29. The summed E-state index contributed by atoms with van der Waals surface area (Å²) >= 11 is 0. The zero-order chi connectivity index (χ0) is 20.1. The molecule has 1 aromatic heterocycles. The van der Waals surface area contributed by atoms with Crippen LogP contribution in [0.3, 0.4) is 0 Å². The topological polar surface area (TPSA) is 82.8 Å². The van der Waals surface area contributed by atoms with E-state index in [-0.39, 0.29) is 12.7 Å². The van der Waals surface area contributed by atoms with Gasteiger partial charge >= 0.3 is 0 Å². The number of carbonyl (C=O) groups excluding carboxylic acids is 1. The van der Waals surface area contributed by atoms with Crippen LogP contribution < -0.4 is 14.8 Å². The van der Waals surface area contributed by atoms with Gasteiger partial charge in [0.05, 0.1) is 20.3 Å². The Kier molecular flexibility index (Phi) is 5.76. The summed E-state index contributed by atoms with van der Waals surface area (Å²) < 4.78 is 21.3. The lowest BCUT2D eigenvalue weighted by atomic mass is 10.0. The number of benzene rings is 2. The minimum atomic E-state index is -0.0531. The van der Waals surface area contributed by atoms with E-state index >= 15 is 0 Å². The first-order chi connectivity index (χ1) is 14.2.